The maximum atomic E-state index is 14.3. The van der Waals surface area contributed by atoms with Gasteiger partial charge in [0.05, 0.1) is 13.0 Å². The van der Waals surface area contributed by atoms with E-state index in [4.69, 9.17) is 10.5 Å². The molecule has 1 atom stereocenters. The van der Waals surface area contributed by atoms with E-state index in [-0.39, 0.29) is 18.2 Å². The summed E-state index contributed by atoms with van der Waals surface area (Å²) in [5, 5.41) is 0. The van der Waals surface area contributed by atoms with Crippen LogP contribution in [0.15, 0.2) is 36.4 Å². The van der Waals surface area contributed by atoms with E-state index in [1.807, 2.05) is 32.0 Å². The molecule has 2 aromatic rings. The fraction of sp³-hybridized carbons (Fsp3) is 0.316. The predicted octanol–water partition coefficient (Wildman–Crippen LogP) is 4.06. The molecular formula is C19H22FNO2. The lowest BCUT2D eigenvalue weighted by Crippen LogP contribution is -2.17. The molecular weight excluding hydrogens is 293 g/mol. The zero-order chi connectivity index (χ0) is 17.0. The van der Waals surface area contributed by atoms with Gasteiger partial charge in [0.25, 0.3) is 0 Å². The minimum Gasteiger partial charge on any atom is -0.466 e. The van der Waals surface area contributed by atoms with E-state index in [9.17, 15) is 9.18 Å². The number of esters is 1. The Balaban J connectivity index is 2.38. The Kier molecular flexibility index (Phi) is 5.50. The van der Waals surface area contributed by atoms with Crippen molar-refractivity contribution in [2.24, 2.45) is 5.73 Å². The summed E-state index contributed by atoms with van der Waals surface area (Å²) in [6, 6.07) is 10.1. The zero-order valence-corrected chi connectivity index (χ0v) is 13.7. The highest BCUT2D eigenvalue weighted by molar-refractivity contribution is 5.73. The summed E-state index contributed by atoms with van der Waals surface area (Å²) in [5.74, 6) is -0.646. The molecule has 122 valence electrons. The van der Waals surface area contributed by atoms with Crippen LogP contribution in [0.25, 0.3) is 11.1 Å². The Labute approximate surface area is 136 Å². The van der Waals surface area contributed by atoms with Crippen molar-refractivity contribution in [2.45, 2.75) is 33.2 Å². The van der Waals surface area contributed by atoms with Crippen molar-refractivity contribution in [3.05, 3.63) is 58.9 Å². The van der Waals surface area contributed by atoms with Crippen LogP contribution >= 0.6 is 0 Å². The molecule has 0 spiro atoms. The quantitative estimate of drug-likeness (QED) is 0.846. The van der Waals surface area contributed by atoms with Gasteiger partial charge < -0.3 is 10.5 Å². The Bertz CT molecular complexity index is 692. The second-order valence-corrected chi connectivity index (χ2v) is 5.62. The first-order valence-electron chi connectivity index (χ1n) is 7.71. The SMILES string of the molecule is CCOC(=O)C[C@H](N)c1ccc(F)c(-c2c(C)cccc2C)c1. The molecule has 0 amide bonds. The summed E-state index contributed by atoms with van der Waals surface area (Å²) in [5.41, 5.74) is 10.2. The van der Waals surface area contributed by atoms with E-state index in [0.717, 1.165) is 22.3 Å². The van der Waals surface area contributed by atoms with E-state index in [1.165, 1.54) is 6.07 Å². The van der Waals surface area contributed by atoms with E-state index >= 15 is 0 Å². The first-order valence-corrected chi connectivity index (χ1v) is 7.71. The third-order valence-corrected chi connectivity index (χ3v) is 3.86. The average Bonchev–Trinajstić information content (AvgIpc) is 2.49. The van der Waals surface area contributed by atoms with Crippen LogP contribution in [0.3, 0.4) is 0 Å². The van der Waals surface area contributed by atoms with Crippen LogP contribution in [-0.2, 0) is 9.53 Å². The lowest BCUT2D eigenvalue weighted by molar-refractivity contribution is -0.143. The second-order valence-electron chi connectivity index (χ2n) is 5.62. The average molecular weight is 315 g/mol. The van der Waals surface area contributed by atoms with Gasteiger partial charge in [-0.3, -0.25) is 4.79 Å². The minimum absolute atomic E-state index is 0.0751. The molecule has 0 saturated carbocycles. The van der Waals surface area contributed by atoms with Gasteiger partial charge >= 0.3 is 5.97 Å². The summed E-state index contributed by atoms with van der Waals surface area (Å²) in [4.78, 5) is 11.6. The van der Waals surface area contributed by atoms with Crippen molar-refractivity contribution < 1.29 is 13.9 Å². The van der Waals surface area contributed by atoms with E-state index in [2.05, 4.69) is 0 Å². The van der Waals surface area contributed by atoms with Gasteiger partial charge in [0, 0.05) is 11.6 Å². The summed E-state index contributed by atoms with van der Waals surface area (Å²) in [7, 11) is 0. The molecule has 0 saturated heterocycles. The molecule has 2 N–H and O–H groups in total. The van der Waals surface area contributed by atoms with Gasteiger partial charge in [0.15, 0.2) is 0 Å². The predicted molar refractivity (Wildman–Crippen MR) is 89.5 cm³/mol. The number of halogens is 1. The summed E-state index contributed by atoms with van der Waals surface area (Å²) in [6.07, 6.45) is 0.0751. The molecule has 0 aliphatic heterocycles. The number of ether oxygens (including phenoxy) is 1. The number of aryl methyl sites for hydroxylation is 2. The lowest BCUT2D eigenvalue weighted by atomic mass is 9.92. The fourth-order valence-electron chi connectivity index (χ4n) is 2.72. The molecule has 2 rings (SSSR count). The molecule has 2 aromatic carbocycles. The standard InChI is InChI=1S/C19H22FNO2/c1-4-23-18(22)11-17(21)14-8-9-16(20)15(10-14)19-12(2)6-5-7-13(19)3/h5-10,17H,4,11,21H2,1-3H3/t17-/m0/s1. The van der Waals surface area contributed by atoms with E-state index in [1.54, 1.807) is 19.1 Å². The number of hydrogen-bond donors (Lipinski definition) is 1. The molecule has 0 aliphatic rings. The highest BCUT2D eigenvalue weighted by Crippen LogP contribution is 2.31. The Morgan fingerprint density at radius 2 is 1.87 bits per heavy atom. The number of rotatable bonds is 5. The van der Waals surface area contributed by atoms with Gasteiger partial charge in [-0.15, -0.1) is 0 Å². The maximum Gasteiger partial charge on any atom is 0.307 e. The second kappa shape index (κ2) is 7.38. The normalized spacial score (nSPS) is 12.0. The van der Waals surface area contributed by atoms with Gasteiger partial charge in [0.2, 0.25) is 0 Å². The monoisotopic (exact) mass is 315 g/mol. The fourth-order valence-corrected chi connectivity index (χ4v) is 2.72. The van der Waals surface area contributed by atoms with Crippen molar-refractivity contribution in [3.63, 3.8) is 0 Å². The number of hydrogen-bond acceptors (Lipinski definition) is 3. The molecule has 0 radical (unpaired) electrons. The summed E-state index contributed by atoms with van der Waals surface area (Å²) in [6.45, 7) is 5.98. The van der Waals surface area contributed by atoms with Crippen LogP contribution in [-0.4, -0.2) is 12.6 Å². The first kappa shape index (κ1) is 17.2. The highest BCUT2D eigenvalue weighted by atomic mass is 19.1. The number of benzene rings is 2. The van der Waals surface area contributed by atoms with E-state index < -0.39 is 6.04 Å². The molecule has 0 heterocycles. The smallest absolute Gasteiger partial charge is 0.307 e. The molecule has 0 unspecified atom stereocenters. The zero-order valence-electron chi connectivity index (χ0n) is 13.7. The summed E-state index contributed by atoms with van der Waals surface area (Å²) >= 11 is 0. The molecule has 3 nitrogen and oxygen atoms in total. The molecule has 4 heteroatoms. The number of nitrogens with two attached hydrogens (primary N) is 1. The van der Waals surface area contributed by atoms with Crippen LogP contribution < -0.4 is 5.73 Å². The van der Waals surface area contributed by atoms with Crippen LogP contribution in [0.5, 0.6) is 0 Å². The number of carbonyl (C=O) groups is 1. The van der Waals surface area contributed by atoms with Gasteiger partial charge in [0.1, 0.15) is 5.82 Å². The van der Waals surface area contributed by atoms with Crippen molar-refractivity contribution in [1.82, 2.24) is 0 Å². The van der Waals surface area contributed by atoms with Gasteiger partial charge in [-0.1, -0.05) is 24.3 Å². The molecule has 0 fully saturated rings. The number of carbonyl (C=O) groups excluding carboxylic acids is 1. The largest absolute Gasteiger partial charge is 0.466 e. The van der Waals surface area contributed by atoms with Crippen molar-refractivity contribution >= 4 is 5.97 Å². The van der Waals surface area contributed by atoms with Gasteiger partial charge in [-0.25, -0.2) is 4.39 Å². The van der Waals surface area contributed by atoms with Crippen LogP contribution in [0.2, 0.25) is 0 Å². The van der Waals surface area contributed by atoms with Gasteiger partial charge in [-0.05, 0) is 55.2 Å². The Hall–Kier alpha value is -2.20. The van der Waals surface area contributed by atoms with Gasteiger partial charge in [-0.2, -0.15) is 0 Å². The van der Waals surface area contributed by atoms with Crippen LogP contribution in [0.4, 0.5) is 4.39 Å². The molecule has 0 aromatic heterocycles. The van der Waals surface area contributed by atoms with Crippen LogP contribution in [0.1, 0.15) is 36.1 Å². The van der Waals surface area contributed by atoms with Crippen molar-refractivity contribution in [3.8, 4) is 11.1 Å². The first-order chi connectivity index (χ1) is 10.9. The Morgan fingerprint density at radius 1 is 1.22 bits per heavy atom. The molecule has 23 heavy (non-hydrogen) atoms. The van der Waals surface area contributed by atoms with Crippen molar-refractivity contribution in [2.75, 3.05) is 6.61 Å². The third kappa shape index (κ3) is 3.96. The third-order valence-electron chi connectivity index (χ3n) is 3.86. The lowest BCUT2D eigenvalue weighted by Gasteiger charge is -2.16. The highest BCUT2D eigenvalue weighted by Gasteiger charge is 2.16. The van der Waals surface area contributed by atoms with Crippen LogP contribution in [0, 0.1) is 19.7 Å². The summed E-state index contributed by atoms with van der Waals surface area (Å²) < 4.78 is 19.2. The molecule has 0 bridgehead atoms. The van der Waals surface area contributed by atoms with Crippen molar-refractivity contribution in [1.29, 1.82) is 0 Å². The topological polar surface area (TPSA) is 52.3 Å². The maximum absolute atomic E-state index is 14.3. The van der Waals surface area contributed by atoms with E-state index in [0.29, 0.717) is 12.2 Å². The Morgan fingerprint density at radius 3 is 2.48 bits per heavy atom. The molecule has 0 aliphatic carbocycles. The minimum atomic E-state index is -0.516.